The number of unbranched alkanes of at least 4 members (excludes halogenated alkanes) is 2. The van der Waals surface area contributed by atoms with Crippen molar-refractivity contribution < 1.29 is 9.53 Å². The number of hydrogen-bond acceptors (Lipinski definition) is 2. The maximum Gasteiger partial charge on any atom is 0.338 e. The maximum absolute atomic E-state index is 12.3. The summed E-state index contributed by atoms with van der Waals surface area (Å²) in [6.45, 7) is 11.7. The number of hydrogen-bond donors (Lipinski definition) is 0. The molecule has 1 unspecified atom stereocenters. The normalized spacial score (nSPS) is 11.7. The van der Waals surface area contributed by atoms with Crippen molar-refractivity contribution in [3.63, 3.8) is 0 Å². The fourth-order valence-electron chi connectivity index (χ4n) is 2.22. The zero-order chi connectivity index (χ0) is 15.7. The smallest absolute Gasteiger partial charge is 0.338 e. The standard InChI is InChI=1S/C19H26O2/c1-5-9-10-11-18(8-4)21-19(20)17-13-15(6-2)12-16(7-3)14-17/h6-7,12-14,18H,2-3,5,8-11H2,1,4H3. The number of carbonyl (C=O) groups is 1. The molecular formula is C19H26O2. The lowest BCUT2D eigenvalue weighted by atomic mass is 10.1. The second kappa shape index (κ2) is 9.17. The molecule has 114 valence electrons. The summed E-state index contributed by atoms with van der Waals surface area (Å²) in [5.74, 6) is -0.259. The number of rotatable bonds is 9. The van der Waals surface area contributed by atoms with E-state index in [0.717, 1.165) is 30.4 Å². The molecule has 0 bridgehead atoms. The highest BCUT2D eigenvalue weighted by Gasteiger charge is 2.15. The van der Waals surface area contributed by atoms with Gasteiger partial charge in [0.25, 0.3) is 0 Å². The summed E-state index contributed by atoms with van der Waals surface area (Å²) in [6, 6.07) is 5.55. The van der Waals surface area contributed by atoms with E-state index in [0.29, 0.717) is 5.56 Å². The molecule has 1 atom stereocenters. The quantitative estimate of drug-likeness (QED) is 0.443. The Morgan fingerprint density at radius 1 is 1.14 bits per heavy atom. The van der Waals surface area contributed by atoms with Gasteiger partial charge in [-0.15, -0.1) is 0 Å². The van der Waals surface area contributed by atoms with E-state index in [1.54, 1.807) is 24.3 Å². The van der Waals surface area contributed by atoms with Crippen LogP contribution >= 0.6 is 0 Å². The second-order valence-electron chi connectivity index (χ2n) is 5.23. The molecule has 0 heterocycles. The van der Waals surface area contributed by atoms with Crippen molar-refractivity contribution in [3.05, 3.63) is 48.0 Å². The lowest BCUT2D eigenvalue weighted by Gasteiger charge is -2.16. The summed E-state index contributed by atoms with van der Waals surface area (Å²) in [5.41, 5.74) is 2.37. The molecule has 21 heavy (non-hydrogen) atoms. The van der Waals surface area contributed by atoms with Crippen molar-refractivity contribution >= 4 is 18.1 Å². The molecule has 0 fully saturated rings. The Labute approximate surface area is 128 Å². The van der Waals surface area contributed by atoms with Gasteiger partial charge in [0.2, 0.25) is 0 Å². The van der Waals surface area contributed by atoms with Gasteiger partial charge < -0.3 is 4.74 Å². The van der Waals surface area contributed by atoms with Crippen LogP contribution in [0.1, 0.15) is 67.4 Å². The van der Waals surface area contributed by atoms with Gasteiger partial charge in [0.1, 0.15) is 6.10 Å². The molecule has 1 rings (SSSR count). The van der Waals surface area contributed by atoms with E-state index in [-0.39, 0.29) is 12.1 Å². The third-order valence-electron chi connectivity index (χ3n) is 3.54. The summed E-state index contributed by atoms with van der Waals surface area (Å²) >= 11 is 0. The molecule has 0 aliphatic rings. The molecule has 1 aromatic rings. The van der Waals surface area contributed by atoms with Crippen LogP contribution in [0.2, 0.25) is 0 Å². The molecule has 1 aromatic carbocycles. The minimum Gasteiger partial charge on any atom is -0.459 e. The second-order valence-corrected chi connectivity index (χ2v) is 5.23. The van der Waals surface area contributed by atoms with Gasteiger partial charge in [0.15, 0.2) is 0 Å². The highest BCUT2D eigenvalue weighted by Crippen LogP contribution is 2.17. The lowest BCUT2D eigenvalue weighted by molar-refractivity contribution is 0.0267. The zero-order valence-corrected chi connectivity index (χ0v) is 13.2. The van der Waals surface area contributed by atoms with Crippen LogP contribution in [-0.4, -0.2) is 12.1 Å². The first kappa shape index (κ1) is 17.2. The Bertz CT molecular complexity index is 462. The highest BCUT2D eigenvalue weighted by molar-refractivity contribution is 5.91. The van der Waals surface area contributed by atoms with Gasteiger partial charge in [-0.2, -0.15) is 0 Å². The first-order valence-corrected chi connectivity index (χ1v) is 7.75. The van der Waals surface area contributed by atoms with Crippen molar-refractivity contribution in [1.29, 1.82) is 0 Å². The minimum atomic E-state index is -0.259. The van der Waals surface area contributed by atoms with E-state index >= 15 is 0 Å². The minimum absolute atomic E-state index is 0.00335. The monoisotopic (exact) mass is 286 g/mol. The van der Waals surface area contributed by atoms with Crippen molar-refractivity contribution in [1.82, 2.24) is 0 Å². The predicted molar refractivity (Wildman–Crippen MR) is 90.3 cm³/mol. The molecule has 2 nitrogen and oxygen atoms in total. The first-order chi connectivity index (χ1) is 10.1. The highest BCUT2D eigenvalue weighted by atomic mass is 16.5. The Hall–Kier alpha value is -1.83. The van der Waals surface area contributed by atoms with Gasteiger partial charge in [0, 0.05) is 0 Å². The number of esters is 1. The third-order valence-corrected chi connectivity index (χ3v) is 3.54. The molecule has 0 radical (unpaired) electrons. The van der Waals surface area contributed by atoms with Crippen LogP contribution < -0.4 is 0 Å². The number of ether oxygens (including phenoxy) is 1. The van der Waals surface area contributed by atoms with Gasteiger partial charge in [0.05, 0.1) is 5.56 Å². The Balaban J connectivity index is 2.77. The molecule has 0 amide bonds. The molecule has 0 saturated carbocycles. The summed E-state index contributed by atoms with van der Waals surface area (Å²) in [4.78, 5) is 12.3. The Kier molecular flexibility index (Phi) is 7.52. The average molecular weight is 286 g/mol. The van der Waals surface area contributed by atoms with E-state index in [1.807, 2.05) is 6.07 Å². The van der Waals surface area contributed by atoms with Crippen molar-refractivity contribution in [2.45, 2.75) is 52.1 Å². The van der Waals surface area contributed by atoms with Gasteiger partial charge in [-0.05, 0) is 48.6 Å². The SMILES string of the molecule is C=Cc1cc(C=C)cc(C(=O)OC(CC)CCCCC)c1. The van der Waals surface area contributed by atoms with Crippen LogP contribution in [0.4, 0.5) is 0 Å². The molecule has 0 N–H and O–H groups in total. The predicted octanol–water partition coefficient (Wildman–Crippen LogP) is 5.49. The molecule has 0 saturated heterocycles. The molecule has 0 aromatic heterocycles. The van der Waals surface area contributed by atoms with Gasteiger partial charge >= 0.3 is 5.97 Å². The Morgan fingerprint density at radius 3 is 2.24 bits per heavy atom. The summed E-state index contributed by atoms with van der Waals surface area (Å²) in [7, 11) is 0. The summed E-state index contributed by atoms with van der Waals surface area (Å²) in [5, 5.41) is 0. The van der Waals surface area contributed by atoms with E-state index in [4.69, 9.17) is 4.74 Å². The van der Waals surface area contributed by atoms with Crippen molar-refractivity contribution in [2.75, 3.05) is 0 Å². The van der Waals surface area contributed by atoms with E-state index in [1.165, 1.54) is 12.8 Å². The summed E-state index contributed by atoms with van der Waals surface area (Å²) < 4.78 is 5.62. The molecule has 0 spiro atoms. The van der Waals surface area contributed by atoms with Gasteiger partial charge in [-0.25, -0.2) is 4.79 Å². The molecule has 2 heteroatoms. The number of carbonyl (C=O) groups excluding carboxylic acids is 1. The van der Waals surface area contributed by atoms with Crippen LogP contribution in [0.5, 0.6) is 0 Å². The Morgan fingerprint density at radius 2 is 1.76 bits per heavy atom. The fourth-order valence-corrected chi connectivity index (χ4v) is 2.22. The summed E-state index contributed by atoms with van der Waals surface area (Å²) in [6.07, 6.45) is 8.70. The largest absolute Gasteiger partial charge is 0.459 e. The molecule has 0 aliphatic heterocycles. The van der Waals surface area contributed by atoms with Crippen LogP contribution in [0.25, 0.3) is 12.2 Å². The van der Waals surface area contributed by atoms with Crippen LogP contribution in [0, 0.1) is 0 Å². The average Bonchev–Trinajstić information content (AvgIpc) is 2.53. The maximum atomic E-state index is 12.3. The van der Waals surface area contributed by atoms with Gasteiger partial charge in [-0.3, -0.25) is 0 Å². The third kappa shape index (κ3) is 5.58. The topological polar surface area (TPSA) is 26.3 Å². The van der Waals surface area contributed by atoms with Crippen molar-refractivity contribution in [2.24, 2.45) is 0 Å². The lowest BCUT2D eigenvalue weighted by Crippen LogP contribution is -2.17. The molecule has 0 aliphatic carbocycles. The van der Waals surface area contributed by atoms with Crippen LogP contribution in [-0.2, 0) is 4.74 Å². The van der Waals surface area contributed by atoms with Crippen LogP contribution in [0.3, 0.4) is 0 Å². The van der Waals surface area contributed by atoms with E-state index in [2.05, 4.69) is 27.0 Å². The fraction of sp³-hybridized carbons (Fsp3) is 0.421. The van der Waals surface area contributed by atoms with Crippen molar-refractivity contribution in [3.8, 4) is 0 Å². The zero-order valence-electron chi connectivity index (χ0n) is 13.2. The first-order valence-electron chi connectivity index (χ1n) is 7.75. The van der Waals surface area contributed by atoms with Gasteiger partial charge in [-0.1, -0.05) is 52.0 Å². The molecular weight excluding hydrogens is 260 g/mol. The van der Waals surface area contributed by atoms with Crippen LogP contribution in [0.15, 0.2) is 31.4 Å². The number of benzene rings is 1. The van der Waals surface area contributed by atoms with E-state index < -0.39 is 0 Å². The van der Waals surface area contributed by atoms with E-state index in [9.17, 15) is 4.79 Å².